The second kappa shape index (κ2) is 6.44. The van der Waals surface area contributed by atoms with Gasteiger partial charge in [-0.2, -0.15) is 0 Å². The van der Waals surface area contributed by atoms with E-state index >= 15 is 0 Å². The van der Waals surface area contributed by atoms with E-state index in [1.165, 1.54) is 11.1 Å². The molecule has 20 heavy (non-hydrogen) atoms. The molecule has 2 N–H and O–H groups in total. The summed E-state index contributed by atoms with van der Waals surface area (Å²) in [6.45, 7) is 4.59. The molecule has 0 aliphatic rings. The summed E-state index contributed by atoms with van der Waals surface area (Å²) >= 11 is 0. The topological polar surface area (TPSA) is 41.5 Å². The van der Waals surface area contributed by atoms with E-state index in [0.29, 0.717) is 6.54 Å². The van der Waals surface area contributed by atoms with Gasteiger partial charge in [-0.1, -0.05) is 24.3 Å². The van der Waals surface area contributed by atoms with Crippen LogP contribution in [0.2, 0.25) is 0 Å². The lowest BCUT2D eigenvalue weighted by atomic mass is 10.0. The number of aliphatic hydroxyl groups excluding tert-OH is 1. The van der Waals surface area contributed by atoms with Crippen LogP contribution in [-0.4, -0.2) is 18.8 Å². The minimum Gasteiger partial charge on any atom is -0.497 e. The van der Waals surface area contributed by atoms with Crippen LogP contribution in [0.5, 0.6) is 5.75 Å². The maximum atomic E-state index is 10.2. The minimum atomic E-state index is -0.527. The van der Waals surface area contributed by atoms with Gasteiger partial charge in [0.1, 0.15) is 5.75 Å². The van der Waals surface area contributed by atoms with Crippen molar-refractivity contribution in [1.29, 1.82) is 0 Å². The molecule has 2 rings (SSSR count). The van der Waals surface area contributed by atoms with Crippen molar-refractivity contribution < 1.29 is 9.84 Å². The van der Waals surface area contributed by atoms with E-state index in [9.17, 15) is 5.11 Å². The van der Waals surface area contributed by atoms with Gasteiger partial charge in [0.15, 0.2) is 0 Å². The van der Waals surface area contributed by atoms with Gasteiger partial charge in [0.05, 0.1) is 13.2 Å². The maximum Gasteiger partial charge on any atom is 0.120 e. The second-order valence-corrected chi connectivity index (χ2v) is 4.97. The van der Waals surface area contributed by atoms with Gasteiger partial charge >= 0.3 is 0 Å². The fourth-order valence-corrected chi connectivity index (χ4v) is 2.04. The number of aliphatic hydroxyl groups is 1. The zero-order valence-corrected chi connectivity index (χ0v) is 12.2. The van der Waals surface area contributed by atoms with Crippen LogP contribution >= 0.6 is 0 Å². The average molecular weight is 271 g/mol. The molecule has 0 heterocycles. The Balaban J connectivity index is 2.00. The number of rotatable bonds is 5. The third kappa shape index (κ3) is 3.52. The Kier molecular flexibility index (Phi) is 4.64. The predicted octanol–water partition coefficient (Wildman–Crippen LogP) is 3.46. The van der Waals surface area contributed by atoms with Crippen molar-refractivity contribution in [3.05, 3.63) is 59.2 Å². The molecule has 0 amide bonds. The maximum absolute atomic E-state index is 10.2. The summed E-state index contributed by atoms with van der Waals surface area (Å²) in [6, 6.07) is 13.7. The molecule has 0 saturated carbocycles. The first-order valence-electron chi connectivity index (χ1n) is 6.73. The largest absolute Gasteiger partial charge is 0.497 e. The normalized spacial score (nSPS) is 12.0. The molecular weight excluding hydrogens is 250 g/mol. The lowest BCUT2D eigenvalue weighted by molar-refractivity contribution is 0.191. The van der Waals surface area contributed by atoms with Gasteiger partial charge in [0.2, 0.25) is 0 Å². The van der Waals surface area contributed by atoms with Gasteiger partial charge in [-0.15, -0.1) is 0 Å². The van der Waals surface area contributed by atoms with Crippen LogP contribution in [0.3, 0.4) is 0 Å². The Morgan fingerprint density at radius 1 is 1.10 bits per heavy atom. The van der Waals surface area contributed by atoms with Gasteiger partial charge in [-0.3, -0.25) is 0 Å². The molecule has 3 nitrogen and oxygen atoms in total. The van der Waals surface area contributed by atoms with Gasteiger partial charge in [0.25, 0.3) is 0 Å². The zero-order valence-electron chi connectivity index (χ0n) is 12.2. The number of aryl methyl sites for hydroxylation is 2. The molecule has 0 spiro atoms. The Morgan fingerprint density at radius 2 is 1.90 bits per heavy atom. The Labute approximate surface area is 120 Å². The summed E-state index contributed by atoms with van der Waals surface area (Å²) in [5.41, 5.74) is 4.31. The highest BCUT2D eigenvalue weighted by Crippen LogP contribution is 2.20. The zero-order chi connectivity index (χ0) is 14.5. The highest BCUT2D eigenvalue weighted by atomic mass is 16.5. The minimum absolute atomic E-state index is 0.468. The number of hydrogen-bond donors (Lipinski definition) is 2. The highest BCUT2D eigenvalue weighted by molar-refractivity contribution is 5.48. The first-order valence-corrected chi connectivity index (χ1v) is 6.73. The molecule has 0 aromatic heterocycles. The van der Waals surface area contributed by atoms with E-state index in [4.69, 9.17) is 4.74 Å². The average Bonchev–Trinajstić information content (AvgIpc) is 2.47. The van der Waals surface area contributed by atoms with Crippen molar-refractivity contribution in [2.75, 3.05) is 19.0 Å². The van der Waals surface area contributed by atoms with Gasteiger partial charge < -0.3 is 15.2 Å². The first kappa shape index (κ1) is 14.4. The summed E-state index contributed by atoms with van der Waals surface area (Å²) in [5.74, 6) is 0.802. The number of benzene rings is 2. The van der Waals surface area contributed by atoms with Crippen molar-refractivity contribution in [2.45, 2.75) is 20.0 Å². The van der Waals surface area contributed by atoms with Gasteiger partial charge in [0, 0.05) is 18.3 Å². The molecule has 2 aromatic rings. The van der Waals surface area contributed by atoms with Crippen LogP contribution < -0.4 is 10.1 Å². The smallest absolute Gasteiger partial charge is 0.120 e. The quantitative estimate of drug-likeness (QED) is 0.875. The molecule has 1 unspecified atom stereocenters. The van der Waals surface area contributed by atoms with Crippen LogP contribution in [0.25, 0.3) is 0 Å². The molecule has 0 fully saturated rings. The summed E-state index contributed by atoms with van der Waals surface area (Å²) in [4.78, 5) is 0. The third-order valence-electron chi connectivity index (χ3n) is 3.49. The molecule has 1 atom stereocenters. The Morgan fingerprint density at radius 3 is 2.60 bits per heavy atom. The number of anilines is 1. The standard InChI is InChI=1S/C17H21NO2/c1-12-7-8-14(9-13(12)2)17(19)11-18-15-5-4-6-16(10-15)20-3/h4-10,17-19H,11H2,1-3H3. The van der Waals surface area contributed by atoms with Gasteiger partial charge in [-0.25, -0.2) is 0 Å². The van der Waals surface area contributed by atoms with E-state index in [1.807, 2.05) is 42.5 Å². The van der Waals surface area contributed by atoms with Gasteiger partial charge in [-0.05, 0) is 42.7 Å². The number of hydrogen-bond acceptors (Lipinski definition) is 3. The SMILES string of the molecule is COc1cccc(NCC(O)c2ccc(C)c(C)c2)c1. The molecular formula is C17H21NO2. The lowest BCUT2D eigenvalue weighted by Crippen LogP contribution is -2.12. The summed E-state index contributed by atoms with van der Waals surface area (Å²) in [5, 5.41) is 13.5. The first-order chi connectivity index (χ1) is 9.60. The van der Waals surface area contributed by atoms with E-state index in [2.05, 4.69) is 19.2 Å². The van der Waals surface area contributed by atoms with Crippen LogP contribution in [-0.2, 0) is 0 Å². The molecule has 0 radical (unpaired) electrons. The van der Waals surface area contributed by atoms with E-state index in [1.54, 1.807) is 7.11 Å². The van der Waals surface area contributed by atoms with Crippen LogP contribution in [0, 0.1) is 13.8 Å². The molecule has 3 heteroatoms. The molecule has 0 bridgehead atoms. The van der Waals surface area contributed by atoms with Crippen LogP contribution in [0.1, 0.15) is 22.8 Å². The molecule has 0 aliphatic carbocycles. The number of ether oxygens (including phenoxy) is 1. The molecule has 0 aliphatic heterocycles. The molecule has 2 aromatic carbocycles. The van der Waals surface area contributed by atoms with Crippen molar-refractivity contribution >= 4 is 5.69 Å². The lowest BCUT2D eigenvalue weighted by Gasteiger charge is -2.15. The predicted molar refractivity (Wildman–Crippen MR) is 82.4 cm³/mol. The summed E-state index contributed by atoms with van der Waals surface area (Å²) < 4.78 is 5.17. The van der Waals surface area contributed by atoms with E-state index < -0.39 is 6.10 Å². The number of methoxy groups -OCH3 is 1. The Hall–Kier alpha value is -2.00. The molecule has 0 saturated heterocycles. The second-order valence-electron chi connectivity index (χ2n) is 4.97. The van der Waals surface area contributed by atoms with Crippen LogP contribution in [0.4, 0.5) is 5.69 Å². The van der Waals surface area contributed by atoms with Crippen molar-refractivity contribution in [2.24, 2.45) is 0 Å². The monoisotopic (exact) mass is 271 g/mol. The third-order valence-corrected chi connectivity index (χ3v) is 3.49. The van der Waals surface area contributed by atoms with E-state index in [0.717, 1.165) is 17.0 Å². The summed E-state index contributed by atoms with van der Waals surface area (Å²) in [7, 11) is 1.64. The Bertz CT molecular complexity index is 581. The van der Waals surface area contributed by atoms with Crippen molar-refractivity contribution in [3.63, 3.8) is 0 Å². The fraction of sp³-hybridized carbons (Fsp3) is 0.294. The highest BCUT2D eigenvalue weighted by Gasteiger charge is 2.08. The number of nitrogens with one attached hydrogen (secondary N) is 1. The van der Waals surface area contributed by atoms with E-state index in [-0.39, 0.29) is 0 Å². The van der Waals surface area contributed by atoms with Crippen LogP contribution in [0.15, 0.2) is 42.5 Å². The van der Waals surface area contributed by atoms with Crippen molar-refractivity contribution in [3.8, 4) is 5.75 Å². The fourth-order valence-electron chi connectivity index (χ4n) is 2.04. The van der Waals surface area contributed by atoms with Crippen molar-refractivity contribution in [1.82, 2.24) is 0 Å². The molecule has 106 valence electrons. The summed E-state index contributed by atoms with van der Waals surface area (Å²) in [6.07, 6.45) is -0.527.